The minimum absolute atomic E-state index is 0.100. The molecule has 0 fully saturated rings. The summed E-state index contributed by atoms with van der Waals surface area (Å²) in [5.74, 6) is -0.442. The van der Waals surface area contributed by atoms with Gasteiger partial charge in [0, 0.05) is 12.6 Å². The number of hydrogen-bond acceptors (Lipinski definition) is 5. The second-order valence-electron chi connectivity index (χ2n) is 4.82. The predicted molar refractivity (Wildman–Crippen MR) is 88.6 cm³/mol. The fourth-order valence-corrected chi connectivity index (χ4v) is 2.72. The largest absolute Gasteiger partial charge is 0.481 e. The van der Waals surface area contributed by atoms with Gasteiger partial charge in [-0.15, -0.1) is 0 Å². The number of anilines is 1. The number of rotatable bonds is 6. The Bertz CT molecular complexity index is 694. The topological polar surface area (TPSA) is 75.1 Å². The number of aryl methyl sites for hydroxylation is 2. The molecule has 2 N–H and O–H groups in total. The zero-order valence-corrected chi connectivity index (χ0v) is 13.8. The molecule has 0 saturated heterocycles. The van der Waals surface area contributed by atoms with E-state index in [2.05, 4.69) is 47.3 Å². The Morgan fingerprint density at radius 1 is 1.32 bits per heavy atom. The van der Waals surface area contributed by atoms with Crippen molar-refractivity contribution in [2.75, 3.05) is 11.1 Å². The molecule has 0 aliphatic rings. The van der Waals surface area contributed by atoms with Gasteiger partial charge in [0.1, 0.15) is 11.0 Å². The first-order chi connectivity index (χ1) is 10.4. The lowest BCUT2D eigenvalue weighted by Crippen LogP contribution is -2.05. The summed E-state index contributed by atoms with van der Waals surface area (Å²) in [5.41, 5.74) is 3.59. The van der Waals surface area contributed by atoms with Crippen LogP contribution in [-0.4, -0.2) is 26.8 Å². The Balaban J connectivity index is 2.07. The summed E-state index contributed by atoms with van der Waals surface area (Å²) in [6.07, 6.45) is 0. The summed E-state index contributed by atoms with van der Waals surface area (Å²) in [6, 6.07) is 7.87. The van der Waals surface area contributed by atoms with Crippen LogP contribution >= 0.6 is 23.4 Å². The van der Waals surface area contributed by atoms with Gasteiger partial charge < -0.3 is 10.4 Å². The molecule has 0 bridgehead atoms. The summed E-state index contributed by atoms with van der Waals surface area (Å²) in [6.45, 7) is 4.73. The Morgan fingerprint density at radius 2 is 2.09 bits per heavy atom. The first-order valence-corrected chi connectivity index (χ1v) is 7.99. The highest BCUT2D eigenvalue weighted by Gasteiger charge is 2.07. The molecule has 5 nitrogen and oxygen atoms in total. The zero-order chi connectivity index (χ0) is 16.1. The first kappa shape index (κ1) is 16.6. The van der Waals surface area contributed by atoms with Crippen molar-refractivity contribution in [1.29, 1.82) is 0 Å². The van der Waals surface area contributed by atoms with Gasteiger partial charge in [0.25, 0.3) is 0 Å². The van der Waals surface area contributed by atoms with Gasteiger partial charge in [0.15, 0.2) is 5.16 Å². The molecule has 2 aromatic rings. The second-order valence-corrected chi connectivity index (χ2v) is 6.15. The fourth-order valence-electron chi connectivity index (χ4n) is 1.91. The number of thioether (sulfide) groups is 1. The Kier molecular flexibility index (Phi) is 5.63. The van der Waals surface area contributed by atoms with E-state index >= 15 is 0 Å². The van der Waals surface area contributed by atoms with E-state index in [1.165, 1.54) is 16.7 Å². The highest BCUT2D eigenvalue weighted by molar-refractivity contribution is 7.99. The molecule has 0 unspecified atom stereocenters. The molecule has 0 spiro atoms. The van der Waals surface area contributed by atoms with Crippen LogP contribution in [0.1, 0.15) is 16.7 Å². The average molecular weight is 338 g/mol. The zero-order valence-electron chi connectivity index (χ0n) is 12.3. The lowest BCUT2D eigenvalue weighted by Gasteiger charge is -2.10. The van der Waals surface area contributed by atoms with Gasteiger partial charge in [-0.3, -0.25) is 4.79 Å². The molecular formula is C15H16ClN3O2S. The molecule has 7 heteroatoms. The molecule has 0 radical (unpaired) electrons. The summed E-state index contributed by atoms with van der Waals surface area (Å²) >= 11 is 6.98. The lowest BCUT2D eigenvalue weighted by molar-refractivity contribution is -0.133. The minimum atomic E-state index is -0.918. The van der Waals surface area contributed by atoms with Crippen molar-refractivity contribution in [2.45, 2.75) is 25.5 Å². The van der Waals surface area contributed by atoms with E-state index in [9.17, 15) is 4.79 Å². The molecule has 116 valence electrons. The molecule has 22 heavy (non-hydrogen) atoms. The van der Waals surface area contributed by atoms with E-state index in [1.807, 2.05) is 0 Å². The van der Waals surface area contributed by atoms with Crippen LogP contribution in [0, 0.1) is 13.8 Å². The third-order valence-electron chi connectivity index (χ3n) is 2.96. The molecule has 1 aromatic heterocycles. The molecule has 0 atom stereocenters. The first-order valence-electron chi connectivity index (χ1n) is 6.63. The number of aliphatic carboxylic acids is 1. The molecule has 1 aromatic carbocycles. The number of carboxylic acids is 1. The minimum Gasteiger partial charge on any atom is -0.481 e. The van der Waals surface area contributed by atoms with Crippen LogP contribution in [0.4, 0.5) is 5.82 Å². The highest BCUT2D eigenvalue weighted by atomic mass is 35.5. The molecule has 0 aliphatic heterocycles. The number of carbonyl (C=O) groups is 1. The number of benzene rings is 1. The summed E-state index contributed by atoms with van der Waals surface area (Å²) in [4.78, 5) is 18.9. The number of hydrogen-bond donors (Lipinski definition) is 2. The maximum Gasteiger partial charge on any atom is 0.313 e. The van der Waals surface area contributed by atoms with Crippen LogP contribution in [0.5, 0.6) is 0 Å². The summed E-state index contributed by atoms with van der Waals surface area (Å²) < 4.78 is 0. The van der Waals surface area contributed by atoms with Crippen molar-refractivity contribution in [1.82, 2.24) is 9.97 Å². The molecular weight excluding hydrogens is 322 g/mol. The highest BCUT2D eigenvalue weighted by Crippen LogP contribution is 2.20. The second kappa shape index (κ2) is 7.47. The van der Waals surface area contributed by atoms with Crippen molar-refractivity contribution in [3.63, 3.8) is 0 Å². The Morgan fingerprint density at radius 3 is 2.77 bits per heavy atom. The Hall–Kier alpha value is -1.79. The maximum absolute atomic E-state index is 10.6. The maximum atomic E-state index is 10.6. The monoisotopic (exact) mass is 337 g/mol. The van der Waals surface area contributed by atoms with Crippen LogP contribution in [-0.2, 0) is 11.3 Å². The van der Waals surface area contributed by atoms with E-state index in [-0.39, 0.29) is 10.9 Å². The van der Waals surface area contributed by atoms with Crippen LogP contribution in [0.2, 0.25) is 5.15 Å². The van der Waals surface area contributed by atoms with E-state index in [1.54, 1.807) is 6.07 Å². The van der Waals surface area contributed by atoms with Crippen LogP contribution < -0.4 is 5.32 Å². The van der Waals surface area contributed by atoms with Gasteiger partial charge in [0.05, 0.1) is 5.75 Å². The summed E-state index contributed by atoms with van der Waals surface area (Å²) in [5, 5.41) is 12.5. The summed E-state index contributed by atoms with van der Waals surface area (Å²) in [7, 11) is 0. The van der Waals surface area contributed by atoms with Crippen LogP contribution in [0.15, 0.2) is 29.4 Å². The van der Waals surface area contributed by atoms with E-state index < -0.39 is 5.97 Å². The van der Waals surface area contributed by atoms with Gasteiger partial charge in [-0.1, -0.05) is 47.1 Å². The van der Waals surface area contributed by atoms with Crippen molar-refractivity contribution in [2.24, 2.45) is 0 Å². The van der Waals surface area contributed by atoms with Gasteiger partial charge >= 0.3 is 5.97 Å². The third-order valence-corrected chi connectivity index (χ3v) is 3.98. The quantitative estimate of drug-likeness (QED) is 0.477. The SMILES string of the molecule is Cc1ccc(CNc2cc(Cl)nc(SCC(=O)O)n2)c(C)c1. The molecule has 0 saturated carbocycles. The average Bonchev–Trinajstić information content (AvgIpc) is 2.44. The van der Waals surface area contributed by atoms with Gasteiger partial charge in [-0.25, -0.2) is 9.97 Å². The smallest absolute Gasteiger partial charge is 0.313 e. The third kappa shape index (κ3) is 4.89. The molecule has 1 heterocycles. The molecule has 0 amide bonds. The molecule has 0 aliphatic carbocycles. The standard InChI is InChI=1S/C15H16ClN3O2S/c1-9-3-4-11(10(2)5-9)7-17-13-6-12(16)18-15(19-13)22-8-14(20)21/h3-6H,7-8H2,1-2H3,(H,20,21)(H,17,18,19). The van der Waals surface area contributed by atoms with Gasteiger partial charge in [-0.05, 0) is 25.0 Å². The van der Waals surface area contributed by atoms with Crippen molar-refractivity contribution < 1.29 is 9.90 Å². The Labute approximate surface area is 138 Å². The van der Waals surface area contributed by atoms with Crippen molar-refractivity contribution in [3.8, 4) is 0 Å². The van der Waals surface area contributed by atoms with Crippen LogP contribution in [0.3, 0.4) is 0 Å². The number of nitrogens with one attached hydrogen (secondary N) is 1. The number of aromatic nitrogens is 2. The number of nitrogens with zero attached hydrogens (tertiary/aromatic N) is 2. The fraction of sp³-hybridized carbons (Fsp3) is 0.267. The van der Waals surface area contributed by atoms with E-state index in [0.717, 1.165) is 11.8 Å². The number of carboxylic acid groups (broad SMARTS) is 1. The van der Waals surface area contributed by atoms with Crippen molar-refractivity contribution in [3.05, 3.63) is 46.1 Å². The predicted octanol–water partition coefficient (Wildman–Crippen LogP) is 3.54. The van der Waals surface area contributed by atoms with Crippen molar-refractivity contribution >= 4 is 35.1 Å². The lowest BCUT2D eigenvalue weighted by atomic mass is 10.1. The van der Waals surface area contributed by atoms with Gasteiger partial charge in [-0.2, -0.15) is 0 Å². The molecule has 2 rings (SSSR count). The van der Waals surface area contributed by atoms with Gasteiger partial charge in [0.2, 0.25) is 0 Å². The number of halogens is 1. The van der Waals surface area contributed by atoms with E-state index in [4.69, 9.17) is 16.7 Å². The van der Waals surface area contributed by atoms with E-state index in [0.29, 0.717) is 17.5 Å². The normalized spacial score (nSPS) is 10.5. The van der Waals surface area contributed by atoms with Crippen LogP contribution in [0.25, 0.3) is 0 Å².